The third-order valence-corrected chi connectivity index (χ3v) is 4.39. The molecule has 0 aliphatic carbocycles. The minimum absolute atomic E-state index is 0.00507. The molecule has 0 radical (unpaired) electrons. The molecule has 11 nitrogen and oxygen atoms in total. The smallest absolute Gasteiger partial charge is 0.339 e. The molecule has 0 bridgehead atoms. The minimum Gasteiger partial charge on any atom is -0.504 e. The molecule has 0 spiro atoms. The van der Waals surface area contributed by atoms with Crippen molar-refractivity contribution in [1.82, 2.24) is 0 Å². The number of carbonyl (C=O) groups is 2. The number of hydrogen-bond acceptors (Lipinski definition) is 8. The van der Waals surface area contributed by atoms with Crippen molar-refractivity contribution in [2.45, 2.75) is 13.3 Å². The topological polar surface area (TPSA) is 183 Å². The van der Waals surface area contributed by atoms with Crippen LogP contribution in [0.1, 0.15) is 21.7 Å². The Bertz CT molecular complexity index is 1190. The molecule has 11 heteroatoms. The number of amides is 1. The van der Waals surface area contributed by atoms with Gasteiger partial charge in [-0.1, -0.05) is 0 Å². The van der Waals surface area contributed by atoms with Crippen LogP contribution < -0.4 is 5.32 Å². The maximum atomic E-state index is 12.3. The van der Waals surface area contributed by atoms with Crippen LogP contribution in [0.2, 0.25) is 0 Å². The Morgan fingerprint density at radius 1 is 1.10 bits per heavy atom. The van der Waals surface area contributed by atoms with Crippen LogP contribution in [0.4, 0.5) is 11.4 Å². The predicted octanol–water partition coefficient (Wildman–Crippen LogP) is 3.16. The van der Waals surface area contributed by atoms with Gasteiger partial charge in [0, 0.05) is 11.8 Å². The van der Waals surface area contributed by atoms with Gasteiger partial charge in [-0.25, -0.2) is 4.79 Å². The number of furan rings is 1. The Labute approximate surface area is 174 Å². The van der Waals surface area contributed by atoms with Gasteiger partial charge in [0.1, 0.15) is 17.1 Å². The van der Waals surface area contributed by atoms with Gasteiger partial charge in [-0.2, -0.15) is 0 Å². The highest BCUT2D eigenvalue weighted by Gasteiger charge is 2.23. The average Bonchev–Trinajstić information content (AvgIpc) is 3.07. The summed E-state index contributed by atoms with van der Waals surface area (Å²) in [6.45, 7) is 1.42. The van der Waals surface area contributed by atoms with Crippen molar-refractivity contribution in [3.63, 3.8) is 0 Å². The summed E-state index contributed by atoms with van der Waals surface area (Å²) < 4.78 is 5.34. The Kier molecular flexibility index (Phi) is 5.51. The summed E-state index contributed by atoms with van der Waals surface area (Å²) >= 11 is 0. The number of nitrogens with one attached hydrogen (secondary N) is 1. The molecular weight excluding hydrogens is 412 g/mol. The van der Waals surface area contributed by atoms with Crippen molar-refractivity contribution in [2.75, 3.05) is 5.32 Å². The molecule has 1 amide bonds. The number of phenols is 3. The summed E-state index contributed by atoms with van der Waals surface area (Å²) in [6, 6.07) is 7.17. The van der Waals surface area contributed by atoms with Crippen LogP contribution in [-0.2, 0) is 11.2 Å². The standard InChI is InChI=1S/C20H16N2O9/c1-9-13(20(27)28)8-17(31-9)12-3-2-11(7-14(12)22(29)30)21-18(25)6-10-4-15(23)19(26)16(24)5-10/h2-5,7-8,23-24,26H,6H2,1H3,(H,21,25)(H,27,28). The summed E-state index contributed by atoms with van der Waals surface area (Å²) in [5.74, 6) is -3.66. The summed E-state index contributed by atoms with van der Waals surface area (Å²) in [6.07, 6.45) is -0.295. The van der Waals surface area contributed by atoms with E-state index in [0.717, 1.165) is 18.2 Å². The zero-order chi connectivity index (χ0) is 22.9. The number of nitro benzene ring substituents is 1. The molecule has 1 heterocycles. The van der Waals surface area contributed by atoms with Crippen molar-refractivity contribution in [3.05, 3.63) is 63.4 Å². The zero-order valence-corrected chi connectivity index (χ0v) is 15.9. The van der Waals surface area contributed by atoms with Crippen molar-refractivity contribution in [2.24, 2.45) is 0 Å². The van der Waals surface area contributed by atoms with Crippen LogP contribution in [0, 0.1) is 17.0 Å². The Balaban J connectivity index is 1.86. The van der Waals surface area contributed by atoms with Gasteiger partial charge in [-0.3, -0.25) is 14.9 Å². The molecule has 0 aliphatic heterocycles. The molecule has 3 rings (SSSR count). The number of phenolic OH excluding ortho intramolecular Hbond substituents is 3. The van der Waals surface area contributed by atoms with E-state index in [1.54, 1.807) is 0 Å². The predicted molar refractivity (Wildman–Crippen MR) is 106 cm³/mol. The fraction of sp³-hybridized carbons (Fsp3) is 0.100. The normalized spacial score (nSPS) is 10.6. The van der Waals surface area contributed by atoms with E-state index in [4.69, 9.17) is 9.52 Å². The molecule has 1 aromatic heterocycles. The average molecular weight is 428 g/mol. The van der Waals surface area contributed by atoms with Crippen molar-refractivity contribution >= 4 is 23.3 Å². The first kappa shape index (κ1) is 21.2. The number of carbonyl (C=O) groups excluding carboxylic acids is 1. The van der Waals surface area contributed by atoms with Crippen LogP contribution in [0.15, 0.2) is 40.8 Å². The van der Waals surface area contributed by atoms with E-state index in [9.17, 15) is 35.0 Å². The van der Waals surface area contributed by atoms with E-state index >= 15 is 0 Å². The van der Waals surface area contributed by atoms with Gasteiger partial charge < -0.3 is 30.2 Å². The molecule has 31 heavy (non-hydrogen) atoms. The van der Waals surface area contributed by atoms with Crippen LogP contribution in [0.25, 0.3) is 11.3 Å². The number of aryl methyl sites for hydroxylation is 1. The first-order valence-electron chi connectivity index (χ1n) is 8.73. The molecule has 0 atom stereocenters. The molecule has 0 aliphatic rings. The number of aromatic hydroxyl groups is 3. The maximum Gasteiger partial charge on any atom is 0.339 e. The van der Waals surface area contributed by atoms with E-state index in [1.165, 1.54) is 25.1 Å². The number of aromatic carboxylic acids is 1. The van der Waals surface area contributed by atoms with Gasteiger partial charge in [0.05, 0.1) is 16.9 Å². The van der Waals surface area contributed by atoms with Gasteiger partial charge >= 0.3 is 5.97 Å². The quantitative estimate of drug-likeness (QED) is 0.223. The zero-order valence-electron chi connectivity index (χ0n) is 15.9. The highest BCUT2D eigenvalue weighted by atomic mass is 16.6. The lowest BCUT2D eigenvalue weighted by Gasteiger charge is -2.08. The van der Waals surface area contributed by atoms with Crippen molar-refractivity contribution in [1.29, 1.82) is 0 Å². The Morgan fingerprint density at radius 2 is 1.74 bits per heavy atom. The van der Waals surface area contributed by atoms with E-state index in [2.05, 4.69) is 5.32 Å². The lowest BCUT2D eigenvalue weighted by Crippen LogP contribution is -2.14. The second-order valence-electron chi connectivity index (χ2n) is 6.58. The molecule has 0 fully saturated rings. The van der Waals surface area contributed by atoms with Gasteiger partial charge in [0.15, 0.2) is 17.2 Å². The lowest BCUT2D eigenvalue weighted by atomic mass is 10.1. The third-order valence-electron chi connectivity index (χ3n) is 4.39. The molecule has 0 saturated heterocycles. The fourth-order valence-corrected chi connectivity index (χ4v) is 2.95. The van der Waals surface area contributed by atoms with Crippen molar-refractivity contribution in [3.8, 4) is 28.6 Å². The highest BCUT2D eigenvalue weighted by molar-refractivity contribution is 5.94. The van der Waals surface area contributed by atoms with E-state index < -0.39 is 39.7 Å². The molecule has 5 N–H and O–H groups in total. The van der Waals surface area contributed by atoms with Crippen LogP contribution in [0.5, 0.6) is 17.2 Å². The maximum absolute atomic E-state index is 12.3. The minimum atomic E-state index is -1.23. The Hall–Kier alpha value is -4.54. The molecule has 3 aromatic rings. The molecular formula is C20H16N2O9. The molecule has 0 unspecified atom stereocenters. The molecule has 0 saturated carbocycles. The van der Waals surface area contributed by atoms with Crippen LogP contribution >= 0.6 is 0 Å². The number of hydrogen-bond donors (Lipinski definition) is 5. The third kappa shape index (κ3) is 4.40. The fourth-order valence-electron chi connectivity index (χ4n) is 2.95. The number of anilines is 1. The number of nitro groups is 1. The van der Waals surface area contributed by atoms with E-state index in [0.29, 0.717) is 0 Å². The SMILES string of the molecule is Cc1oc(-c2ccc(NC(=O)Cc3cc(O)c(O)c(O)c3)cc2[N+](=O)[O-])cc1C(=O)O. The first-order chi connectivity index (χ1) is 14.6. The highest BCUT2D eigenvalue weighted by Crippen LogP contribution is 2.36. The number of nitrogens with zero attached hydrogens (tertiary/aromatic N) is 1. The molecule has 2 aromatic carbocycles. The van der Waals surface area contributed by atoms with Gasteiger partial charge in [0.25, 0.3) is 5.69 Å². The van der Waals surface area contributed by atoms with E-state index in [1.807, 2.05) is 0 Å². The monoisotopic (exact) mass is 428 g/mol. The summed E-state index contributed by atoms with van der Waals surface area (Å²) in [5, 5.41) is 51.5. The summed E-state index contributed by atoms with van der Waals surface area (Å²) in [4.78, 5) is 34.3. The van der Waals surface area contributed by atoms with Crippen molar-refractivity contribution < 1.29 is 39.4 Å². The summed E-state index contributed by atoms with van der Waals surface area (Å²) in [7, 11) is 0. The summed E-state index contributed by atoms with van der Waals surface area (Å²) in [5.41, 5.74) is -0.212. The lowest BCUT2D eigenvalue weighted by molar-refractivity contribution is -0.384. The first-order valence-corrected chi connectivity index (χ1v) is 8.73. The molecule has 160 valence electrons. The number of carboxylic acids is 1. The Morgan fingerprint density at radius 3 is 2.29 bits per heavy atom. The van der Waals surface area contributed by atoms with Crippen LogP contribution in [0.3, 0.4) is 0 Å². The van der Waals surface area contributed by atoms with Gasteiger partial charge in [-0.15, -0.1) is 0 Å². The van der Waals surface area contributed by atoms with Gasteiger partial charge in [0.2, 0.25) is 5.91 Å². The number of benzene rings is 2. The second kappa shape index (κ2) is 8.06. The number of carboxylic acid groups (broad SMARTS) is 1. The second-order valence-corrected chi connectivity index (χ2v) is 6.58. The van der Waals surface area contributed by atoms with Gasteiger partial charge in [-0.05, 0) is 42.8 Å². The van der Waals surface area contributed by atoms with E-state index in [-0.39, 0.29) is 40.3 Å². The largest absolute Gasteiger partial charge is 0.504 e. The number of rotatable bonds is 6. The van der Waals surface area contributed by atoms with Crippen LogP contribution in [-0.4, -0.2) is 37.2 Å².